The summed E-state index contributed by atoms with van der Waals surface area (Å²) in [4.78, 5) is 0. The van der Waals surface area contributed by atoms with Crippen LogP contribution >= 0.6 is 0 Å². The number of rotatable bonds is 2. The van der Waals surface area contributed by atoms with E-state index in [4.69, 9.17) is 0 Å². The summed E-state index contributed by atoms with van der Waals surface area (Å²) in [5.41, 5.74) is 2.19. The summed E-state index contributed by atoms with van der Waals surface area (Å²) in [5.74, 6) is 0. The van der Waals surface area contributed by atoms with Gasteiger partial charge in [0.05, 0.1) is 12.2 Å². The van der Waals surface area contributed by atoms with Gasteiger partial charge in [-0.15, -0.1) is 0 Å². The van der Waals surface area contributed by atoms with Crippen molar-refractivity contribution in [1.29, 1.82) is 0 Å². The Balaban J connectivity index is 2.67. The number of nitrogens with zero attached hydrogens (tertiary/aromatic N) is 2. The molecule has 0 aromatic heterocycles. The fourth-order valence-electron chi connectivity index (χ4n) is 0.754. The molecule has 0 unspecified atom stereocenters. The highest BCUT2D eigenvalue weighted by molar-refractivity contribution is 5.29. The van der Waals surface area contributed by atoms with Crippen LogP contribution in [0.1, 0.15) is 6.92 Å². The summed E-state index contributed by atoms with van der Waals surface area (Å²) < 4.78 is 0. The normalized spacial score (nSPS) is 17.3. The van der Waals surface area contributed by atoms with Crippen LogP contribution in [0, 0.1) is 0 Å². The summed E-state index contributed by atoms with van der Waals surface area (Å²) in [7, 11) is 0. The van der Waals surface area contributed by atoms with Crippen LogP contribution in [0.25, 0.3) is 0 Å². The van der Waals surface area contributed by atoms with Crippen molar-refractivity contribution in [3.05, 3.63) is 36.1 Å². The van der Waals surface area contributed by atoms with E-state index >= 15 is 0 Å². The van der Waals surface area contributed by atoms with Crippen LogP contribution in [0.15, 0.2) is 46.3 Å². The van der Waals surface area contributed by atoms with Crippen molar-refractivity contribution in [2.45, 2.75) is 6.92 Å². The van der Waals surface area contributed by atoms with Crippen LogP contribution in [-0.4, -0.2) is 6.54 Å². The van der Waals surface area contributed by atoms with Crippen molar-refractivity contribution in [2.24, 2.45) is 10.2 Å². The van der Waals surface area contributed by atoms with E-state index in [1.165, 1.54) is 5.57 Å². The standard InChI is InChI=1S/C8H10N2/c1-3-4-5-8-6-9-10-7(8)2/h3-5H,1,6H2,2H3/b5-4-. The molecule has 1 heterocycles. The van der Waals surface area contributed by atoms with Crippen LogP contribution in [0.3, 0.4) is 0 Å². The molecule has 0 aliphatic carbocycles. The number of hydrogen-bond acceptors (Lipinski definition) is 2. The highest BCUT2D eigenvalue weighted by Gasteiger charge is 2.02. The van der Waals surface area contributed by atoms with Crippen molar-refractivity contribution in [1.82, 2.24) is 0 Å². The molecule has 0 amide bonds. The Labute approximate surface area is 60.7 Å². The lowest BCUT2D eigenvalue weighted by Gasteiger charge is -1.87. The molecule has 0 radical (unpaired) electrons. The van der Waals surface area contributed by atoms with Crippen LogP contribution in [0.5, 0.6) is 0 Å². The molecule has 2 heteroatoms. The van der Waals surface area contributed by atoms with Gasteiger partial charge in [0.2, 0.25) is 0 Å². The first-order chi connectivity index (χ1) is 4.84. The monoisotopic (exact) mass is 134 g/mol. The van der Waals surface area contributed by atoms with Gasteiger partial charge >= 0.3 is 0 Å². The van der Waals surface area contributed by atoms with Gasteiger partial charge in [-0.3, -0.25) is 0 Å². The first-order valence-corrected chi connectivity index (χ1v) is 3.21. The molecule has 0 N–H and O–H groups in total. The fraction of sp³-hybridized carbons (Fsp3) is 0.250. The highest BCUT2D eigenvalue weighted by atomic mass is 15.1. The van der Waals surface area contributed by atoms with E-state index < -0.39 is 0 Å². The third kappa shape index (κ3) is 1.41. The minimum atomic E-state index is 0.718. The fourth-order valence-corrected chi connectivity index (χ4v) is 0.754. The van der Waals surface area contributed by atoms with Crippen LogP contribution in [0.4, 0.5) is 0 Å². The molecule has 0 saturated heterocycles. The average Bonchev–Trinajstić information content (AvgIpc) is 2.31. The van der Waals surface area contributed by atoms with Gasteiger partial charge < -0.3 is 0 Å². The Kier molecular flexibility index (Phi) is 2.15. The maximum Gasteiger partial charge on any atom is 0.0871 e. The predicted molar refractivity (Wildman–Crippen MR) is 41.8 cm³/mol. The van der Waals surface area contributed by atoms with Crippen LogP contribution in [-0.2, 0) is 0 Å². The maximum atomic E-state index is 3.89. The smallest absolute Gasteiger partial charge is 0.0871 e. The Morgan fingerprint density at radius 1 is 1.60 bits per heavy atom. The Morgan fingerprint density at radius 2 is 2.40 bits per heavy atom. The number of azo groups is 1. The molecule has 0 fully saturated rings. The molecule has 10 heavy (non-hydrogen) atoms. The molecule has 1 rings (SSSR count). The Morgan fingerprint density at radius 3 is 2.90 bits per heavy atom. The largest absolute Gasteiger partial charge is 0.184 e. The summed E-state index contributed by atoms with van der Waals surface area (Å²) in [6.45, 7) is 6.25. The lowest BCUT2D eigenvalue weighted by Crippen LogP contribution is -1.79. The van der Waals surface area contributed by atoms with Crippen molar-refractivity contribution >= 4 is 0 Å². The number of hydrogen-bond donors (Lipinski definition) is 0. The van der Waals surface area contributed by atoms with E-state index in [1.54, 1.807) is 6.08 Å². The Hall–Kier alpha value is -1.18. The van der Waals surface area contributed by atoms with Gasteiger partial charge in [0.1, 0.15) is 0 Å². The van der Waals surface area contributed by atoms with E-state index in [-0.39, 0.29) is 0 Å². The SMILES string of the molecule is C=C/C=C\C1=C(C)N=NC1. The zero-order chi connectivity index (χ0) is 7.40. The van der Waals surface area contributed by atoms with E-state index in [1.807, 2.05) is 19.1 Å². The van der Waals surface area contributed by atoms with Gasteiger partial charge in [-0.05, 0) is 12.5 Å². The second-order valence-corrected chi connectivity index (χ2v) is 2.11. The third-order valence-electron chi connectivity index (χ3n) is 1.36. The van der Waals surface area contributed by atoms with E-state index in [0.29, 0.717) is 0 Å². The molecule has 0 atom stereocenters. The molecule has 0 spiro atoms. The first kappa shape index (κ1) is 6.93. The van der Waals surface area contributed by atoms with Gasteiger partial charge in [-0.1, -0.05) is 24.8 Å². The summed E-state index contributed by atoms with van der Waals surface area (Å²) >= 11 is 0. The van der Waals surface area contributed by atoms with Crippen molar-refractivity contribution in [3.63, 3.8) is 0 Å². The van der Waals surface area contributed by atoms with E-state index in [2.05, 4.69) is 16.8 Å². The molecule has 1 aliphatic rings. The molecule has 0 aromatic carbocycles. The third-order valence-corrected chi connectivity index (χ3v) is 1.36. The van der Waals surface area contributed by atoms with Gasteiger partial charge in [-0.2, -0.15) is 10.2 Å². The van der Waals surface area contributed by atoms with Crippen molar-refractivity contribution in [3.8, 4) is 0 Å². The maximum absolute atomic E-state index is 3.89. The minimum Gasteiger partial charge on any atom is -0.184 e. The van der Waals surface area contributed by atoms with Crippen LogP contribution < -0.4 is 0 Å². The van der Waals surface area contributed by atoms with Crippen molar-refractivity contribution < 1.29 is 0 Å². The molecule has 0 saturated carbocycles. The quantitative estimate of drug-likeness (QED) is 0.518. The van der Waals surface area contributed by atoms with Gasteiger partial charge in [0.15, 0.2) is 0 Å². The molecular formula is C8H10N2. The minimum absolute atomic E-state index is 0.718. The molecule has 0 aromatic rings. The molecular weight excluding hydrogens is 124 g/mol. The van der Waals surface area contributed by atoms with E-state index in [9.17, 15) is 0 Å². The lowest BCUT2D eigenvalue weighted by atomic mass is 10.2. The summed E-state index contributed by atoms with van der Waals surface area (Å²) in [6, 6.07) is 0. The summed E-state index contributed by atoms with van der Waals surface area (Å²) in [5, 5.41) is 7.75. The lowest BCUT2D eigenvalue weighted by molar-refractivity contribution is 1.10. The molecule has 0 bridgehead atoms. The first-order valence-electron chi connectivity index (χ1n) is 3.21. The van der Waals surface area contributed by atoms with E-state index in [0.717, 1.165) is 12.2 Å². The van der Waals surface area contributed by atoms with Gasteiger partial charge in [0, 0.05) is 0 Å². The highest BCUT2D eigenvalue weighted by Crippen LogP contribution is 2.14. The zero-order valence-electron chi connectivity index (χ0n) is 6.04. The zero-order valence-corrected chi connectivity index (χ0v) is 6.04. The average molecular weight is 134 g/mol. The summed E-state index contributed by atoms with van der Waals surface area (Å²) in [6.07, 6.45) is 5.64. The molecule has 1 aliphatic heterocycles. The Bertz CT molecular complexity index is 221. The number of allylic oxidation sites excluding steroid dienone is 3. The van der Waals surface area contributed by atoms with Crippen LogP contribution in [0.2, 0.25) is 0 Å². The molecule has 2 nitrogen and oxygen atoms in total. The van der Waals surface area contributed by atoms with Gasteiger partial charge in [0.25, 0.3) is 0 Å². The topological polar surface area (TPSA) is 24.7 Å². The van der Waals surface area contributed by atoms with Gasteiger partial charge in [-0.25, -0.2) is 0 Å². The predicted octanol–water partition coefficient (Wildman–Crippen LogP) is 2.47. The van der Waals surface area contributed by atoms with Crippen molar-refractivity contribution in [2.75, 3.05) is 6.54 Å². The second kappa shape index (κ2) is 3.11. The second-order valence-electron chi connectivity index (χ2n) is 2.11. The molecule has 52 valence electrons.